The molecule has 10 heteroatoms. The molecule has 4 rings (SSSR count). The van der Waals surface area contributed by atoms with Crippen molar-refractivity contribution < 1.29 is 9.21 Å². The van der Waals surface area contributed by atoms with E-state index >= 15 is 0 Å². The summed E-state index contributed by atoms with van der Waals surface area (Å²) in [6.07, 6.45) is 0. The zero-order valence-corrected chi connectivity index (χ0v) is 17.8. The smallest absolute Gasteiger partial charge is 0.277 e. The van der Waals surface area contributed by atoms with Gasteiger partial charge in [0.05, 0.1) is 22.0 Å². The molecule has 0 unspecified atom stereocenters. The Kier molecular flexibility index (Phi) is 6.15. The second kappa shape index (κ2) is 8.96. The Bertz CT molecular complexity index is 1150. The van der Waals surface area contributed by atoms with Crippen molar-refractivity contribution in [3.63, 3.8) is 0 Å². The summed E-state index contributed by atoms with van der Waals surface area (Å²) in [7, 11) is 0. The molecule has 0 aliphatic carbocycles. The number of amides is 1. The third kappa shape index (κ3) is 4.97. The molecule has 2 aromatic carbocycles. The third-order valence-corrected chi connectivity index (χ3v) is 5.84. The van der Waals surface area contributed by atoms with Crippen LogP contribution in [-0.4, -0.2) is 26.8 Å². The summed E-state index contributed by atoms with van der Waals surface area (Å²) in [6, 6.07) is 14.8. The summed E-state index contributed by atoms with van der Waals surface area (Å²) in [5.74, 6) is 0.159. The van der Waals surface area contributed by atoms with Crippen LogP contribution >= 0.6 is 46.3 Å². The molecule has 0 aliphatic heterocycles. The number of thioether (sulfide) groups is 1. The van der Waals surface area contributed by atoms with Gasteiger partial charge in [0.2, 0.25) is 11.8 Å². The highest BCUT2D eigenvalue weighted by Crippen LogP contribution is 2.31. The summed E-state index contributed by atoms with van der Waals surface area (Å²) in [4.78, 5) is 16.6. The van der Waals surface area contributed by atoms with E-state index in [1.54, 1.807) is 18.2 Å². The van der Waals surface area contributed by atoms with Crippen LogP contribution in [0.1, 0.15) is 0 Å². The Labute approximate surface area is 184 Å². The van der Waals surface area contributed by atoms with Crippen molar-refractivity contribution in [2.45, 2.75) is 5.22 Å². The van der Waals surface area contributed by atoms with E-state index in [1.165, 1.54) is 11.3 Å². The van der Waals surface area contributed by atoms with E-state index in [4.69, 9.17) is 27.6 Å². The van der Waals surface area contributed by atoms with Gasteiger partial charge in [0.1, 0.15) is 0 Å². The normalized spacial score (nSPS) is 10.8. The largest absolute Gasteiger partial charge is 0.411 e. The van der Waals surface area contributed by atoms with Crippen LogP contribution in [0, 0.1) is 0 Å². The summed E-state index contributed by atoms with van der Waals surface area (Å²) >= 11 is 14.5. The fourth-order valence-corrected chi connectivity index (χ4v) is 4.18. The van der Waals surface area contributed by atoms with Gasteiger partial charge in [-0.05, 0) is 18.2 Å². The number of halogens is 2. The number of hydrogen-bond acceptors (Lipinski definition) is 7. The lowest BCUT2D eigenvalue weighted by Crippen LogP contribution is -2.13. The number of aromatic nitrogens is 3. The summed E-state index contributed by atoms with van der Waals surface area (Å²) in [5.41, 5.74) is 2.40. The van der Waals surface area contributed by atoms with Crippen molar-refractivity contribution >= 4 is 57.3 Å². The van der Waals surface area contributed by atoms with E-state index < -0.39 is 0 Å². The molecule has 0 bridgehead atoms. The SMILES string of the molecule is O=C(CSc1nnc(-c2ccc(Cl)cc2Cl)o1)Nc1nc(-c2ccccc2)cs1. The second-order valence-electron chi connectivity index (χ2n) is 5.74. The number of nitrogens with zero attached hydrogens (tertiary/aromatic N) is 3. The van der Waals surface area contributed by atoms with Crippen LogP contribution in [0.2, 0.25) is 10.0 Å². The van der Waals surface area contributed by atoms with E-state index in [0.717, 1.165) is 23.0 Å². The molecule has 0 saturated heterocycles. The van der Waals surface area contributed by atoms with Gasteiger partial charge in [-0.15, -0.1) is 21.5 Å². The molecule has 29 heavy (non-hydrogen) atoms. The molecule has 0 radical (unpaired) electrons. The molecule has 146 valence electrons. The minimum atomic E-state index is -0.215. The zero-order chi connectivity index (χ0) is 20.2. The van der Waals surface area contributed by atoms with Gasteiger partial charge >= 0.3 is 0 Å². The minimum absolute atomic E-state index is 0.107. The third-order valence-electron chi connectivity index (χ3n) is 3.71. The van der Waals surface area contributed by atoms with Gasteiger partial charge in [0.25, 0.3) is 5.22 Å². The van der Waals surface area contributed by atoms with Crippen molar-refractivity contribution in [1.82, 2.24) is 15.2 Å². The first-order valence-corrected chi connectivity index (χ1v) is 10.9. The molecule has 0 spiro atoms. The second-order valence-corrected chi connectivity index (χ2v) is 8.37. The lowest BCUT2D eigenvalue weighted by molar-refractivity contribution is -0.113. The summed E-state index contributed by atoms with van der Waals surface area (Å²) < 4.78 is 5.57. The van der Waals surface area contributed by atoms with E-state index in [1.807, 2.05) is 35.7 Å². The molecule has 2 aromatic heterocycles. The molecule has 6 nitrogen and oxygen atoms in total. The van der Waals surface area contributed by atoms with E-state index in [-0.39, 0.29) is 22.8 Å². The average molecular weight is 463 g/mol. The Morgan fingerprint density at radius 3 is 2.76 bits per heavy atom. The fraction of sp³-hybridized carbons (Fsp3) is 0.0526. The molecular weight excluding hydrogens is 451 g/mol. The Hall–Kier alpha value is -2.39. The quantitative estimate of drug-likeness (QED) is 0.359. The number of thiazole rings is 1. The number of benzene rings is 2. The number of rotatable bonds is 6. The lowest BCUT2D eigenvalue weighted by atomic mass is 10.2. The fourth-order valence-electron chi connectivity index (χ4n) is 2.40. The molecule has 0 fully saturated rings. The predicted octanol–water partition coefficient (Wildman–Crippen LogP) is 5.90. The van der Waals surface area contributed by atoms with Gasteiger partial charge in [0, 0.05) is 16.0 Å². The van der Waals surface area contributed by atoms with Crippen molar-refractivity contribution in [1.29, 1.82) is 0 Å². The zero-order valence-electron chi connectivity index (χ0n) is 14.6. The molecule has 1 N–H and O–H groups in total. The first-order valence-electron chi connectivity index (χ1n) is 8.31. The van der Waals surface area contributed by atoms with Gasteiger partial charge in [-0.3, -0.25) is 4.79 Å². The van der Waals surface area contributed by atoms with Gasteiger partial charge in [-0.25, -0.2) is 4.98 Å². The van der Waals surface area contributed by atoms with Crippen molar-refractivity contribution in [3.05, 3.63) is 64.0 Å². The lowest BCUT2D eigenvalue weighted by Gasteiger charge is -2.00. The Morgan fingerprint density at radius 1 is 1.14 bits per heavy atom. The van der Waals surface area contributed by atoms with Crippen LogP contribution in [0.25, 0.3) is 22.7 Å². The van der Waals surface area contributed by atoms with Crippen molar-refractivity contribution in [2.24, 2.45) is 0 Å². The van der Waals surface area contributed by atoms with Crippen LogP contribution in [0.5, 0.6) is 0 Å². The maximum atomic E-state index is 12.2. The molecule has 0 saturated carbocycles. The number of anilines is 1. The van der Waals surface area contributed by atoms with E-state index in [0.29, 0.717) is 20.7 Å². The molecule has 4 aromatic rings. The van der Waals surface area contributed by atoms with Crippen LogP contribution in [0.15, 0.2) is 63.6 Å². The maximum Gasteiger partial charge on any atom is 0.277 e. The van der Waals surface area contributed by atoms with Crippen LogP contribution in [-0.2, 0) is 4.79 Å². The maximum absolute atomic E-state index is 12.2. The van der Waals surface area contributed by atoms with Crippen LogP contribution < -0.4 is 5.32 Å². The first-order chi connectivity index (χ1) is 14.1. The van der Waals surface area contributed by atoms with E-state index in [2.05, 4.69) is 20.5 Å². The molecule has 0 atom stereocenters. The topological polar surface area (TPSA) is 80.9 Å². The number of hydrogen-bond donors (Lipinski definition) is 1. The monoisotopic (exact) mass is 462 g/mol. The number of nitrogens with one attached hydrogen (secondary N) is 1. The molecular formula is C19H12Cl2N4O2S2. The Balaban J connectivity index is 1.35. The van der Waals surface area contributed by atoms with Crippen molar-refractivity contribution in [3.8, 4) is 22.7 Å². The van der Waals surface area contributed by atoms with Crippen LogP contribution in [0.4, 0.5) is 5.13 Å². The van der Waals surface area contributed by atoms with Gasteiger partial charge in [-0.2, -0.15) is 0 Å². The average Bonchev–Trinajstić information content (AvgIpc) is 3.37. The highest BCUT2D eigenvalue weighted by Gasteiger charge is 2.15. The Morgan fingerprint density at radius 2 is 1.97 bits per heavy atom. The summed E-state index contributed by atoms with van der Waals surface area (Å²) in [5, 5.41) is 14.3. The number of carbonyl (C=O) groups excluding carboxylic acids is 1. The molecule has 1 amide bonds. The molecule has 0 aliphatic rings. The highest BCUT2D eigenvalue weighted by molar-refractivity contribution is 7.99. The predicted molar refractivity (Wildman–Crippen MR) is 117 cm³/mol. The van der Waals surface area contributed by atoms with Gasteiger partial charge in [-0.1, -0.05) is 65.3 Å². The standard InChI is InChI=1S/C19H12Cl2N4O2S2/c20-12-6-7-13(14(21)8-12)17-24-25-19(27-17)29-10-16(26)23-18-22-15(9-28-18)11-4-2-1-3-5-11/h1-9H,10H2,(H,22,23,26). The summed E-state index contributed by atoms with van der Waals surface area (Å²) in [6.45, 7) is 0. The number of carbonyl (C=O) groups is 1. The van der Waals surface area contributed by atoms with E-state index in [9.17, 15) is 4.79 Å². The highest BCUT2D eigenvalue weighted by atomic mass is 35.5. The first kappa shape index (κ1) is 19.9. The van der Waals surface area contributed by atoms with Gasteiger partial charge in [0.15, 0.2) is 5.13 Å². The van der Waals surface area contributed by atoms with Crippen LogP contribution in [0.3, 0.4) is 0 Å². The van der Waals surface area contributed by atoms with Gasteiger partial charge < -0.3 is 9.73 Å². The molecule has 2 heterocycles. The van der Waals surface area contributed by atoms with Crippen molar-refractivity contribution in [2.75, 3.05) is 11.1 Å². The minimum Gasteiger partial charge on any atom is -0.411 e.